The molecular weight excluding hydrogens is 310 g/mol. The number of hydrogen-bond acceptors (Lipinski definition) is 9. The molecule has 1 aliphatic rings. The van der Waals surface area contributed by atoms with E-state index in [1.165, 1.54) is 25.2 Å². The number of nitrogens with zero attached hydrogens (tertiary/aromatic N) is 4. The number of rotatable bonds is 4. The largest absolute Gasteiger partial charge is 0.394 e. The third-order valence-corrected chi connectivity index (χ3v) is 4.33. The van der Waals surface area contributed by atoms with Gasteiger partial charge in [-0.1, -0.05) is 11.8 Å². The van der Waals surface area contributed by atoms with Crippen molar-refractivity contribution in [3.05, 3.63) is 6.33 Å². The highest BCUT2D eigenvalue weighted by molar-refractivity contribution is 7.98. The summed E-state index contributed by atoms with van der Waals surface area (Å²) in [5.41, 5.74) is 6.80. The van der Waals surface area contributed by atoms with Gasteiger partial charge in [-0.3, -0.25) is 4.57 Å². The lowest BCUT2D eigenvalue weighted by Gasteiger charge is -2.21. The van der Waals surface area contributed by atoms with Crippen molar-refractivity contribution in [2.24, 2.45) is 0 Å². The molecule has 9 nitrogen and oxygen atoms in total. The molecule has 0 aliphatic carbocycles. The fraction of sp³-hybridized carbons (Fsp3) is 0.583. The van der Waals surface area contributed by atoms with Gasteiger partial charge in [0.05, 0.1) is 6.61 Å². The third-order valence-electron chi connectivity index (χ3n) is 3.67. The molecule has 0 saturated carbocycles. The molecule has 0 spiro atoms. The van der Waals surface area contributed by atoms with Gasteiger partial charge in [0, 0.05) is 7.11 Å². The Morgan fingerprint density at radius 3 is 2.91 bits per heavy atom. The Labute approximate surface area is 130 Å². The molecule has 2 aromatic rings. The maximum atomic E-state index is 10.2. The lowest BCUT2D eigenvalue weighted by Crippen LogP contribution is -2.34. The van der Waals surface area contributed by atoms with E-state index in [9.17, 15) is 10.2 Å². The second kappa shape index (κ2) is 5.97. The van der Waals surface area contributed by atoms with Gasteiger partial charge in [-0.15, -0.1) is 0 Å². The maximum absolute atomic E-state index is 10.2. The van der Waals surface area contributed by atoms with Gasteiger partial charge >= 0.3 is 0 Å². The SMILES string of the molecule is CO[C@@H]1[C@H](O)[C@@H](CO)O[C@H]1n1c(SC)nc2c(N)ncnc21. The minimum atomic E-state index is -0.952. The molecule has 0 amide bonds. The van der Waals surface area contributed by atoms with Crippen LogP contribution in [-0.4, -0.2) is 68.0 Å². The molecular formula is C12H17N5O4S. The molecule has 2 aromatic heterocycles. The van der Waals surface area contributed by atoms with Crippen LogP contribution in [0.15, 0.2) is 11.5 Å². The lowest BCUT2D eigenvalue weighted by atomic mass is 10.1. The van der Waals surface area contributed by atoms with Crippen molar-refractivity contribution in [3.8, 4) is 0 Å². The number of thioether (sulfide) groups is 1. The van der Waals surface area contributed by atoms with Gasteiger partial charge in [-0.25, -0.2) is 15.0 Å². The highest BCUT2D eigenvalue weighted by Gasteiger charge is 2.46. The average molecular weight is 327 g/mol. The van der Waals surface area contributed by atoms with Crippen molar-refractivity contribution >= 4 is 28.7 Å². The molecule has 0 bridgehead atoms. The summed E-state index contributed by atoms with van der Waals surface area (Å²) in [5.74, 6) is 0.269. The first kappa shape index (κ1) is 15.4. The highest BCUT2D eigenvalue weighted by atomic mass is 32.2. The standard InChI is InChI=1S/C12H17N5O4S/c1-20-8-7(19)5(3-18)21-11(8)17-10-6(16-12(17)22-2)9(13)14-4-15-10/h4-5,7-8,11,18-19H,3H2,1-2H3,(H2,13,14,15)/t5-,7-,8-,11-/m1/s1. The first-order valence-corrected chi connectivity index (χ1v) is 7.84. The number of ether oxygens (including phenoxy) is 2. The fourth-order valence-corrected chi connectivity index (χ4v) is 3.18. The quantitative estimate of drug-likeness (QED) is 0.630. The molecule has 3 rings (SSSR count). The number of nitrogens with two attached hydrogens (primary N) is 1. The van der Waals surface area contributed by atoms with Crippen molar-refractivity contribution in [1.82, 2.24) is 19.5 Å². The molecule has 3 heterocycles. The molecule has 0 aromatic carbocycles. The van der Waals surface area contributed by atoms with Crippen LogP contribution in [0.2, 0.25) is 0 Å². The van der Waals surface area contributed by atoms with E-state index in [2.05, 4.69) is 15.0 Å². The van der Waals surface area contributed by atoms with Crippen LogP contribution >= 0.6 is 11.8 Å². The predicted molar refractivity (Wildman–Crippen MR) is 79.3 cm³/mol. The van der Waals surface area contributed by atoms with Crippen LogP contribution in [-0.2, 0) is 9.47 Å². The number of aliphatic hydroxyl groups is 2. The van der Waals surface area contributed by atoms with E-state index >= 15 is 0 Å². The Bertz CT molecular complexity index is 681. The van der Waals surface area contributed by atoms with Gasteiger partial charge in [-0.2, -0.15) is 0 Å². The Morgan fingerprint density at radius 1 is 1.50 bits per heavy atom. The van der Waals surface area contributed by atoms with Gasteiger partial charge < -0.3 is 25.4 Å². The van der Waals surface area contributed by atoms with Crippen molar-refractivity contribution in [3.63, 3.8) is 0 Å². The van der Waals surface area contributed by atoms with Gasteiger partial charge in [0.25, 0.3) is 0 Å². The van der Waals surface area contributed by atoms with Crippen molar-refractivity contribution in [2.45, 2.75) is 29.7 Å². The molecule has 4 N–H and O–H groups in total. The van der Waals surface area contributed by atoms with Crippen molar-refractivity contribution in [2.75, 3.05) is 25.7 Å². The number of anilines is 1. The fourth-order valence-electron chi connectivity index (χ4n) is 2.61. The zero-order valence-electron chi connectivity index (χ0n) is 12.1. The normalized spacial score (nSPS) is 28.5. The number of imidazole rings is 1. The van der Waals surface area contributed by atoms with Crippen LogP contribution in [0, 0.1) is 0 Å². The zero-order chi connectivity index (χ0) is 15.9. The van der Waals surface area contributed by atoms with E-state index in [-0.39, 0.29) is 12.4 Å². The third kappa shape index (κ3) is 2.23. The molecule has 1 aliphatic heterocycles. The number of methoxy groups -OCH3 is 1. The first-order chi connectivity index (χ1) is 10.6. The predicted octanol–water partition coefficient (Wildman–Crippen LogP) is -0.604. The minimum absolute atomic E-state index is 0.269. The van der Waals surface area contributed by atoms with Crippen LogP contribution in [0.25, 0.3) is 11.2 Å². The topological polar surface area (TPSA) is 129 Å². The average Bonchev–Trinajstić information content (AvgIpc) is 3.05. The zero-order valence-corrected chi connectivity index (χ0v) is 12.9. The summed E-state index contributed by atoms with van der Waals surface area (Å²) in [5, 5.41) is 20.1. The first-order valence-electron chi connectivity index (χ1n) is 6.62. The summed E-state index contributed by atoms with van der Waals surface area (Å²) >= 11 is 1.39. The maximum Gasteiger partial charge on any atom is 0.172 e. The van der Waals surface area contributed by atoms with E-state index in [1.54, 1.807) is 4.57 Å². The van der Waals surface area contributed by atoms with E-state index < -0.39 is 24.5 Å². The van der Waals surface area contributed by atoms with Crippen molar-refractivity contribution < 1.29 is 19.7 Å². The van der Waals surface area contributed by atoms with E-state index in [4.69, 9.17) is 15.2 Å². The van der Waals surface area contributed by atoms with Gasteiger partial charge in [0.1, 0.15) is 24.6 Å². The number of nitrogen functional groups attached to an aromatic ring is 1. The summed E-state index contributed by atoms with van der Waals surface area (Å²) in [4.78, 5) is 12.6. The second-order valence-electron chi connectivity index (χ2n) is 4.84. The summed E-state index contributed by atoms with van der Waals surface area (Å²) in [6.45, 7) is -0.310. The summed E-state index contributed by atoms with van der Waals surface area (Å²) in [6.07, 6.45) is 0.192. The Kier molecular flexibility index (Phi) is 4.19. The molecule has 10 heteroatoms. The molecule has 1 fully saturated rings. The second-order valence-corrected chi connectivity index (χ2v) is 5.61. The van der Waals surface area contributed by atoms with Crippen LogP contribution in [0.5, 0.6) is 0 Å². The number of hydrogen-bond donors (Lipinski definition) is 3. The highest BCUT2D eigenvalue weighted by Crippen LogP contribution is 2.36. The van der Waals surface area contributed by atoms with Crippen LogP contribution in [0.1, 0.15) is 6.23 Å². The monoisotopic (exact) mass is 327 g/mol. The van der Waals surface area contributed by atoms with E-state index in [1.807, 2.05) is 6.26 Å². The Balaban J connectivity index is 2.14. The van der Waals surface area contributed by atoms with E-state index in [0.717, 1.165) is 0 Å². The number of aliphatic hydroxyl groups excluding tert-OH is 2. The number of aromatic nitrogens is 4. The van der Waals surface area contributed by atoms with Gasteiger partial charge in [0.2, 0.25) is 0 Å². The molecule has 1 saturated heterocycles. The van der Waals surface area contributed by atoms with Crippen LogP contribution in [0.4, 0.5) is 5.82 Å². The lowest BCUT2D eigenvalue weighted by molar-refractivity contribution is -0.0623. The van der Waals surface area contributed by atoms with Gasteiger partial charge in [-0.05, 0) is 6.26 Å². The molecule has 22 heavy (non-hydrogen) atoms. The molecule has 0 radical (unpaired) electrons. The summed E-state index contributed by atoms with van der Waals surface area (Å²) < 4.78 is 12.8. The smallest absolute Gasteiger partial charge is 0.172 e. The Hall–Kier alpha value is -1.46. The molecule has 0 unspecified atom stereocenters. The number of fused-ring (bicyclic) bond motifs is 1. The summed E-state index contributed by atoms with van der Waals surface area (Å²) in [6, 6.07) is 0. The van der Waals surface area contributed by atoms with Crippen molar-refractivity contribution in [1.29, 1.82) is 0 Å². The Morgan fingerprint density at radius 2 is 2.27 bits per heavy atom. The minimum Gasteiger partial charge on any atom is -0.394 e. The molecule has 120 valence electrons. The van der Waals surface area contributed by atoms with Crippen LogP contribution in [0.3, 0.4) is 0 Å². The summed E-state index contributed by atoms with van der Waals surface area (Å²) in [7, 11) is 1.48. The van der Waals surface area contributed by atoms with Gasteiger partial charge in [0.15, 0.2) is 28.4 Å². The van der Waals surface area contributed by atoms with Crippen LogP contribution < -0.4 is 5.73 Å². The van der Waals surface area contributed by atoms with E-state index in [0.29, 0.717) is 16.3 Å². The molecule has 4 atom stereocenters.